The fraction of sp³-hybridized carbons (Fsp3) is 0.385. The molecular formula is C13H17N5O2. The Kier molecular flexibility index (Phi) is 3.97. The molecule has 0 aliphatic heterocycles. The molecule has 0 radical (unpaired) electrons. The molecule has 106 valence electrons. The van der Waals surface area contributed by atoms with Crippen LogP contribution in [0.4, 0.5) is 4.79 Å². The minimum atomic E-state index is -0.817. The van der Waals surface area contributed by atoms with Gasteiger partial charge in [0.25, 0.3) is 0 Å². The quantitative estimate of drug-likeness (QED) is 0.910. The van der Waals surface area contributed by atoms with Crippen LogP contribution in [0, 0.1) is 20.8 Å². The van der Waals surface area contributed by atoms with E-state index < -0.39 is 12.2 Å². The van der Waals surface area contributed by atoms with Crippen LogP contribution in [-0.4, -0.2) is 26.3 Å². The molecule has 1 unspecified atom stereocenters. The van der Waals surface area contributed by atoms with Crippen molar-refractivity contribution in [3.05, 3.63) is 40.7 Å². The van der Waals surface area contributed by atoms with E-state index in [0.29, 0.717) is 6.54 Å². The zero-order valence-corrected chi connectivity index (χ0v) is 11.7. The average Bonchev–Trinajstić information content (AvgIpc) is 2.79. The number of aryl methyl sites for hydroxylation is 3. The van der Waals surface area contributed by atoms with Gasteiger partial charge in [0, 0.05) is 5.56 Å². The van der Waals surface area contributed by atoms with Crippen molar-refractivity contribution >= 4 is 6.09 Å². The van der Waals surface area contributed by atoms with Gasteiger partial charge in [-0.25, -0.2) is 9.48 Å². The Morgan fingerprint density at radius 3 is 2.50 bits per heavy atom. The maximum Gasteiger partial charge on any atom is 0.405 e. The van der Waals surface area contributed by atoms with Crippen LogP contribution in [0.2, 0.25) is 0 Å². The lowest BCUT2D eigenvalue weighted by molar-refractivity contribution is 0.0923. The summed E-state index contributed by atoms with van der Waals surface area (Å²) < 4.78 is 6.74. The number of nitrogens with two attached hydrogens (primary N) is 1. The van der Waals surface area contributed by atoms with Crippen LogP contribution in [-0.2, 0) is 11.3 Å². The van der Waals surface area contributed by atoms with E-state index in [0.717, 1.165) is 22.3 Å². The molecule has 1 atom stereocenters. The lowest BCUT2D eigenvalue weighted by Crippen LogP contribution is -2.22. The highest BCUT2D eigenvalue weighted by molar-refractivity contribution is 5.65. The first-order chi connectivity index (χ1) is 9.47. The maximum atomic E-state index is 11.1. The number of carbonyl (C=O) groups excluding carboxylic acids is 1. The molecule has 0 saturated heterocycles. The summed E-state index contributed by atoms with van der Waals surface area (Å²) in [5, 5.41) is 10.9. The second kappa shape index (κ2) is 5.68. The van der Waals surface area contributed by atoms with Gasteiger partial charge >= 0.3 is 6.09 Å². The first kappa shape index (κ1) is 14.0. The largest absolute Gasteiger partial charge is 0.439 e. The molecular weight excluding hydrogens is 258 g/mol. The Morgan fingerprint density at radius 1 is 1.35 bits per heavy atom. The highest BCUT2D eigenvalue weighted by atomic mass is 16.6. The molecule has 0 spiro atoms. The van der Waals surface area contributed by atoms with Crippen molar-refractivity contribution in [2.24, 2.45) is 5.73 Å². The van der Waals surface area contributed by atoms with Crippen LogP contribution in [0.5, 0.6) is 0 Å². The summed E-state index contributed by atoms with van der Waals surface area (Å²) in [5.74, 6) is 0. The van der Waals surface area contributed by atoms with Crippen LogP contribution in [0.3, 0.4) is 0 Å². The van der Waals surface area contributed by atoms with Crippen molar-refractivity contribution in [1.82, 2.24) is 20.2 Å². The van der Waals surface area contributed by atoms with E-state index in [-0.39, 0.29) is 0 Å². The summed E-state index contributed by atoms with van der Waals surface area (Å²) >= 11 is 0. The molecule has 1 aromatic carbocycles. The predicted molar refractivity (Wildman–Crippen MR) is 71.9 cm³/mol. The fourth-order valence-electron chi connectivity index (χ4n) is 2.46. The molecule has 0 bridgehead atoms. The molecule has 20 heavy (non-hydrogen) atoms. The van der Waals surface area contributed by atoms with Crippen LogP contribution >= 0.6 is 0 Å². The number of amides is 1. The fourth-order valence-corrected chi connectivity index (χ4v) is 2.46. The lowest BCUT2D eigenvalue weighted by atomic mass is 9.95. The third-order valence-corrected chi connectivity index (χ3v) is 3.06. The third-order valence-electron chi connectivity index (χ3n) is 3.06. The summed E-state index contributed by atoms with van der Waals surface area (Å²) in [7, 11) is 0. The summed E-state index contributed by atoms with van der Waals surface area (Å²) in [6.07, 6.45) is 0.134. The monoisotopic (exact) mass is 275 g/mol. The number of benzene rings is 1. The molecule has 1 aromatic heterocycles. The van der Waals surface area contributed by atoms with E-state index in [1.807, 2.05) is 32.9 Å². The SMILES string of the molecule is Cc1cc(C)c(C(Cn2cnnn2)OC(N)=O)c(C)c1. The molecule has 7 heteroatoms. The minimum Gasteiger partial charge on any atom is -0.439 e. The first-order valence-corrected chi connectivity index (χ1v) is 6.22. The number of ether oxygens (including phenoxy) is 1. The molecule has 2 rings (SSSR count). The van der Waals surface area contributed by atoms with Gasteiger partial charge in [-0.15, -0.1) is 5.10 Å². The van der Waals surface area contributed by atoms with E-state index in [9.17, 15) is 4.79 Å². The Balaban J connectivity index is 2.38. The molecule has 2 aromatic rings. The molecule has 1 heterocycles. The van der Waals surface area contributed by atoms with Crippen LogP contribution < -0.4 is 5.73 Å². The van der Waals surface area contributed by atoms with Gasteiger partial charge in [-0.3, -0.25) is 0 Å². The van der Waals surface area contributed by atoms with E-state index in [1.54, 1.807) is 0 Å². The molecule has 7 nitrogen and oxygen atoms in total. The van der Waals surface area contributed by atoms with Gasteiger partial charge in [0.05, 0.1) is 6.54 Å². The Hall–Kier alpha value is -2.44. The van der Waals surface area contributed by atoms with Gasteiger partial charge in [-0.1, -0.05) is 17.7 Å². The number of tetrazole rings is 1. The number of hydrogen-bond acceptors (Lipinski definition) is 5. The molecule has 2 N–H and O–H groups in total. The number of nitrogens with zero attached hydrogens (tertiary/aromatic N) is 4. The van der Waals surface area contributed by atoms with Crippen molar-refractivity contribution in [2.75, 3.05) is 0 Å². The molecule has 0 aliphatic carbocycles. The van der Waals surface area contributed by atoms with Crippen molar-refractivity contribution in [1.29, 1.82) is 0 Å². The Labute approximate surface area is 116 Å². The van der Waals surface area contributed by atoms with Gasteiger partial charge in [0.15, 0.2) is 0 Å². The molecule has 0 fully saturated rings. The second-order valence-corrected chi connectivity index (χ2v) is 4.77. The van der Waals surface area contributed by atoms with E-state index in [4.69, 9.17) is 10.5 Å². The normalized spacial score (nSPS) is 12.2. The molecule has 0 aliphatic rings. The van der Waals surface area contributed by atoms with Crippen molar-refractivity contribution in [3.8, 4) is 0 Å². The van der Waals surface area contributed by atoms with Gasteiger partial charge in [-0.2, -0.15) is 0 Å². The highest BCUT2D eigenvalue weighted by Gasteiger charge is 2.21. The summed E-state index contributed by atoms with van der Waals surface area (Å²) in [6, 6.07) is 4.08. The summed E-state index contributed by atoms with van der Waals surface area (Å²) in [4.78, 5) is 11.1. The maximum absolute atomic E-state index is 11.1. The Morgan fingerprint density at radius 2 is 2.00 bits per heavy atom. The van der Waals surface area contributed by atoms with Crippen LogP contribution in [0.15, 0.2) is 18.5 Å². The summed E-state index contributed by atoms with van der Waals surface area (Å²) in [5.41, 5.74) is 9.35. The van der Waals surface area contributed by atoms with Gasteiger partial charge in [-0.05, 0) is 42.3 Å². The molecule has 0 saturated carbocycles. The summed E-state index contributed by atoms with van der Waals surface area (Å²) in [6.45, 7) is 6.30. The van der Waals surface area contributed by atoms with Crippen LogP contribution in [0.1, 0.15) is 28.4 Å². The number of hydrogen-bond donors (Lipinski definition) is 1. The van der Waals surface area contributed by atoms with Gasteiger partial charge < -0.3 is 10.5 Å². The van der Waals surface area contributed by atoms with Crippen molar-refractivity contribution < 1.29 is 9.53 Å². The standard InChI is InChI=1S/C13H17N5O2/c1-8-4-9(2)12(10(3)5-8)11(20-13(14)19)6-18-7-15-16-17-18/h4-5,7,11H,6H2,1-3H3,(H2,14,19). The van der Waals surface area contributed by atoms with E-state index >= 15 is 0 Å². The predicted octanol–water partition coefficient (Wildman–Crippen LogP) is 1.43. The topological polar surface area (TPSA) is 95.9 Å². The van der Waals surface area contributed by atoms with E-state index in [1.165, 1.54) is 11.0 Å². The number of rotatable bonds is 4. The third kappa shape index (κ3) is 3.11. The average molecular weight is 275 g/mol. The zero-order valence-electron chi connectivity index (χ0n) is 11.7. The smallest absolute Gasteiger partial charge is 0.405 e. The first-order valence-electron chi connectivity index (χ1n) is 6.22. The van der Waals surface area contributed by atoms with Crippen LogP contribution in [0.25, 0.3) is 0 Å². The van der Waals surface area contributed by atoms with Crippen molar-refractivity contribution in [3.63, 3.8) is 0 Å². The second-order valence-electron chi connectivity index (χ2n) is 4.77. The van der Waals surface area contributed by atoms with Crippen molar-refractivity contribution in [2.45, 2.75) is 33.4 Å². The Bertz CT molecular complexity index is 586. The highest BCUT2D eigenvalue weighted by Crippen LogP contribution is 2.27. The number of aromatic nitrogens is 4. The number of carbonyl (C=O) groups is 1. The van der Waals surface area contributed by atoms with Gasteiger partial charge in [0.1, 0.15) is 12.4 Å². The lowest BCUT2D eigenvalue weighted by Gasteiger charge is -2.21. The van der Waals surface area contributed by atoms with Gasteiger partial charge in [0.2, 0.25) is 0 Å². The zero-order chi connectivity index (χ0) is 14.7. The number of primary amides is 1. The molecule has 1 amide bonds. The van der Waals surface area contributed by atoms with E-state index in [2.05, 4.69) is 15.5 Å². The minimum absolute atomic E-state index is 0.320.